The van der Waals surface area contributed by atoms with Crippen LogP contribution in [0.4, 0.5) is 5.82 Å². The summed E-state index contributed by atoms with van der Waals surface area (Å²) in [6, 6.07) is 12.6. The molecule has 1 aromatic carbocycles. The number of hydrogen-bond donors (Lipinski definition) is 1. The Bertz CT molecular complexity index is 700. The predicted octanol–water partition coefficient (Wildman–Crippen LogP) is 4.17. The lowest BCUT2D eigenvalue weighted by atomic mass is 10.2. The SMILES string of the molecule is Cc1ccc(C(C)Nc2ncnc3ccccc23)s1. The molecular formula is C15H15N3S. The summed E-state index contributed by atoms with van der Waals surface area (Å²) in [5.41, 5.74) is 0.967. The Morgan fingerprint density at radius 1 is 1.11 bits per heavy atom. The molecule has 1 N–H and O–H groups in total. The molecular weight excluding hydrogens is 254 g/mol. The van der Waals surface area contributed by atoms with Gasteiger partial charge in [-0.25, -0.2) is 9.97 Å². The van der Waals surface area contributed by atoms with E-state index < -0.39 is 0 Å². The van der Waals surface area contributed by atoms with Crippen LogP contribution in [0, 0.1) is 6.92 Å². The topological polar surface area (TPSA) is 37.8 Å². The lowest BCUT2D eigenvalue weighted by molar-refractivity contribution is 0.898. The maximum atomic E-state index is 4.36. The van der Waals surface area contributed by atoms with Crippen molar-refractivity contribution in [2.75, 3.05) is 5.32 Å². The van der Waals surface area contributed by atoms with Gasteiger partial charge in [-0.15, -0.1) is 11.3 Å². The summed E-state index contributed by atoms with van der Waals surface area (Å²) in [5.74, 6) is 0.893. The highest BCUT2D eigenvalue weighted by atomic mass is 32.1. The van der Waals surface area contributed by atoms with Crippen LogP contribution >= 0.6 is 11.3 Å². The first-order valence-corrected chi connectivity index (χ1v) is 7.08. The molecule has 96 valence electrons. The van der Waals surface area contributed by atoms with Crippen LogP contribution in [-0.4, -0.2) is 9.97 Å². The number of fused-ring (bicyclic) bond motifs is 1. The van der Waals surface area contributed by atoms with Crippen molar-refractivity contribution in [1.29, 1.82) is 0 Å². The quantitative estimate of drug-likeness (QED) is 0.775. The standard InChI is InChI=1S/C15H15N3S/c1-10-7-8-14(19-10)11(2)18-15-12-5-3-4-6-13(12)16-9-17-15/h3-9,11H,1-2H3,(H,16,17,18). The number of nitrogens with zero attached hydrogens (tertiary/aromatic N) is 2. The van der Waals surface area contributed by atoms with Gasteiger partial charge >= 0.3 is 0 Å². The average molecular weight is 269 g/mol. The fraction of sp³-hybridized carbons (Fsp3) is 0.200. The molecule has 0 bridgehead atoms. The highest BCUT2D eigenvalue weighted by Crippen LogP contribution is 2.27. The summed E-state index contributed by atoms with van der Waals surface area (Å²) >= 11 is 1.81. The number of para-hydroxylation sites is 1. The summed E-state index contributed by atoms with van der Waals surface area (Å²) in [5, 5.41) is 4.53. The van der Waals surface area contributed by atoms with Gasteiger partial charge < -0.3 is 5.32 Å². The minimum atomic E-state index is 0.247. The Hall–Kier alpha value is -1.94. The van der Waals surface area contributed by atoms with Crippen LogP contribution in [0.3, 0.4) is 0 Å². The van der Waals surface area contributed by atoms with Crippen molar-refractivity contribution in [2.24, 2.45) is 0 Å². The van der Waals surface area contributed by atoms with Crippen LogP contribution in [0.2, 0.25) is 0 Å². The Balaban J connectivity index is 1.93. The van der Waals surface area contributed by atoms with E-state index in [1.165, 1.54) is 9.75 Å². The van der Waals surface area contributed by atoms with Gasteiger partial charge in [0, 0.05) is 15.1 Å². The van der Waals surface area contributed by atoms with Gasteiger partial charge in [0.05, 0.1) is 11.6 Å². The number of hydrogen-bond acceptors (Lipinski definition) is 4. The van der Waals surface area contributed by atoms with Crippen molar-refractivity contribution in [3.8, 4) is 0 Å². The van der Waals surface area contributed by atoms with Crippen molar-refractivity contribution in [3.05, 3.63) is 52.5 Å². The molecule has 3 nitrogen and oxygen atoms in total. The lowest BCUT2D eigenvalue weighted by Crippen LogP contribution is -2.07. The number of benzene rings is 1. The Kier molecular flexibility index (Phi) is 3.17. The molecule has 0 saturated carbocycles. The summed E-state index contributed by atoms with van der Waals surface area (Å²) < 4.78 is 0. The van der Waals surface area contributed by atoms with Crippen molar-refractivity contribution < 1.29 is 0 Å². The normalized spacial score (nSPS) is 12.5. The number of aryl methyl sites for hydroxylation is 1. The van der Waals surface area contributed by atoms with Gasteiger partial charge in [-0.05, 0) is 38.1 Å². The smallest absolute Gasteiger partial charge is 0.137 e. The summed E-state index contributed by atoms with van der Waals surface area (Å²) in [7, 11) is 0. The number of anilines is 1. The molecule has 0 aliphatic heterocycles. The second-order valence-electron chi connectivity index (χ2n) is 4.55. The summed E-state index contributed by atoms with van der Waals surface area (Å²) in [6.45, 7) is 4.28. The molecule has 1 atom stereocenters. The minimum Gasteiger partial charge on any atom is -0.362 e. The van der Waals surface area contributed by atoms with E-state index in [4.69, 9.17) is 0 Å². The van der Waals surface area contributed by atoms with Crippen LogP contribution in [0.15, 0.2) is 42.7 Å². The van der Waals surface area contributed by atoms with E-state index in [0.29, 0.717) is 0 Å². The molecule has 19 heavy (non-hydrogen) atoms. The number of rotatable bonds is 3. The van der Waals surface area contributed by atoms with E-state index in [-0.39, 0.29) is 6.04 Å². The van der Waals surface area contributed by atoms with Gasteiger partial charge in [0.25, 0.3) is 0 Å². The highest BCUT2D eigenvalue weighted by Gasteiger charge is 2.10. The fourth-order valence-electron chi connectivity index (χ4n) is 2.08. The first-order chi connectivity index (χ1) is 9.24. The van der Waals surface area contributed by atoms with Gasteiger partial charge in [-0.3, -0.25) is 0 Å². The van der Waals surface area contributed by atoms with Crippen molar-refractivity contribution in [3.63, 3.8) is 0 Å². The molecule has 0 fully saturated rings. The van der Waals surface area contributed by atoms with E-state index in [0.717, 1.165) is 16.7 Å². The Morgan fingerprint density at radius 2 is 1.95 bits per heavy atom. The third kappa shape index (κ3) is 2.44. The fourth-order valence-corrected chi connectivity index (χ4v) is 2.96. The Labute approximate surface area is 116 Å². The third-order valence-electron chi connectivity index (χ3n) is 3.08. The predicted molar refractivity (Wildman–Crippen MR) is 80.6 cm³/mol. The second-order valence-corrected chi connectivity index (χ2v) is 5.87. The average Bonchev–Trinajstić information content (AvgIpc) is 2.86. The van der Waals surface area contributed by atoms with E-state index >= 15 is 0 Å². The van der Waals surface area contributed by atoms with E-state index in [1.807, 2.05) is 35.6 Å². The number of nitrogens with one attached hydrogen (secondary N) is 1. The van der Waals surface area contributed by atoms with Gasteiger partial charge in [0.15, 0.2) is 0 Å². The molecule has 0 radical (unpaired) electrons. The molecule has 2 aromatic heterocycles. The Morgan fingerprint density at radius 3 is 2.74 bits per heavy atom. The lowest BCUT2D eigenvalue weighted by Gasteiger charge is -2.14. The third-order valence-corrected chi connectivity index (χ3v) is 4.27. The molecule has 3 aromatic rings. The van der Waals surface area contributed by atoms with Crippen LogP contribution in [0.5, 0.6) is 0 Å². The van der Waals surface area contributed by atoms with Crippen molar-refractivity contribution >= 4 is 28.1 Å². The summed E-state index contributed by atoms with van der Waals surface area (Å²) in [6.07, 6.45) is 1.61. The van der Waals surface area contributed by atoms with Crippen LogP contribution in [0.1, 0.15) is 22.7 Å². The monoisotopic (exact) mass is 269 g/mol. The first-order valence-electron chi connectivity index (χ1n) is 6.26. The number of aromatic nitrogens is 2. The van der Waals surface area contributed by atoms with E-state index in [1.54, 1.807) is 6.33 Å². The molecule has 1 unspecified atom stereocenters. The molecule has 4 heteroatoms. The maximum absolute atomic E-state index is 4.36. The van der Waals surface area contributed by atoms with Gasteiger partial charge in [0.1, 0.15) is 12.1 Å². The van der Waals surface area contributed by atoms with E-state index in [2.05, 4.69) is 41.3 Å². The van der Waals surface area contributed by atoms with Gasteiger partial charge in [-0.1, -0.05) is 12.1 Å². The van der Waals surface area contributed by atoms with Gasteiger partial charge in [-0.2, -0.15) is 0 Å². The minimum absolute atomic E-state index is 0.247. The summed E-state index contributed by atoms with van der Waals surface area (Å²) in [4.78, 5) is 11.3. The second kappa shape index (κ2) is 4.97. The maximum Gasteiger partial charge on any atom is 0.137 e. The molecule has 2 heterocycles. The van der Waals surface area contributed by atoms with E-state index in [9.17, 15) is 0 Å². The number of thiophene rings is 1. The molecule has 3 rings (SSSR count). The molecule has 0 amide bonds. The largest absolute Gasteiger partial charge is 0.362 e. The molecule has 0 aliphatic rings. The van der Waals surface area contributed by atoms with Crippen LogP contribution in [-0.2, 0) is 0 Å². The highest BCUT2D eigenvalue weighted by molar-refractivity contribution is 7.12. The molecule has 0 spiro atoms. The van der Waals surface area contributed by atoms with Crippen LogP contribution < -0.4 is 5.32 Å². The molecule has 0 aliphatic carbocycles. The van der Waals surface area contributed by atoms with Gasteiger partial charge in [0.2, 0.25) is 0 Å². The van der Waals surface area contributed by atoms with Crippen molar-refractivity contribution in [2.45, 2.75) is 19.9 Å². The first kappa shape index (κ1) is 12.1. The zero-order valence-electron chi connectivity index (χ0n) is 10.9. The van der Waals surface area contributed by atoms with Crippen LogP contribution in [0.25, 0.3) is 10.9 Å². The molecule has 0 saturated heterocycles. The van der Waals surface area contributed by atoms with Crippen molar-refractivity contribution in [1.82, 2.24) is 9.97 Å². The zero-order valence-corrected chi connectivity index (χ0v) is 11.7. The zero-order chi connectivity index (χ0) is 13.2.